The molecule has 1 aliphatic rings. The number of nitrogens with zero attached hydrogens (tertiary/aromatic N) is 1. The summed E-state index contributed by atoms with van der Waals surface area (Å²) in [6, 6.07) is 18.0. The van der Waals surface area contributed by atoms with Gasteiger partial charge >= 0.3 is 0 Å². The molecular weight excluding hydrogens is 505 g/mol. The lowest BCUT2D eigenvalue weighted by atomic mass is 10.1. The van der Waals surface area contributed by atoms with Gasteiger partial charge in [0.25, 0.3) is 17.7 Å². The number of ether oxygens (including phenoxy) is 2. The third-order valence-corrected chi connectivity index (χ3v) is 5.81. The second kappa shape index (κ2) is 10.7. The number of hydrogen-bond donors (Lipinski definition) is 2. The first kappa shape index (κ1) is 25.1. The first-order chi connectivity index (χ1) is 17.3. The summed E-state index contributed by atoms with van der Waals surface area (Å²) in [4.78, 5) is 39.7. The fraction of sp³-hybridized carbons (Fsp3) is 0.115. The minimum absolute atomic E-state index is 0.132. The molecule has 0 aromatic heterocycles. The molecule has 184 valence electrons. The van der Waals surface area contributed by atoms with Crippen molar-refractivity contribution in [3.63, 3.8) is 0 Å². The Bertz CT molecular complexity index is 1370. The number of imide groups is 1. The average molecular weight is 526 g/mol. The standard InChI is InChI=1S/C26H21Cl2N3O5/c1-3-36-19-10-8-17(9-11-19)30-24(32)15-5-4-6-18(13-15)29-23-22(28)25(33)31(26(23)34)20-14-16(27)7-12-21(20)35-2/h4-14,29H,3H2,1-2H3,(H,30,32). The van der Waals surface area contributed by atoms with Gasteiger partial charge in [-0.25, -0.2) is 4.90 Å². The molecule has 10 heteroatoms. The molecule has 4 rings (SSSR count). The van der Waals surface area contributed by atoms with E-state index in [-0.39, 0.29) is 28.1 Å². The molecule has 0 fully saturated rings. The van der Waals surface area contributed by atoms with Gasteiger partial charge in [-0.15, -0.1) is 0 Å². The summed E-state index contributed by atoms with van der Waals surface area (Å²) in [5.41, 5.74) is 1.35. The average Bonchev–Trinajstić information content (AvgIpc) is 3.08. The lowest BCUT2D eigenvalue weighted by Gasteiger charge is -2.18. The number of carbonyl (C=O) groups is 3. The Labute approximate surface area is 217 Å². The Hall–Kier alpha value is -4.01. The van der Waals surface area contributed by atoms with Crippen LogP contribution in [0.4, 0.5) is 17.1 Å². The number of hydrogen-bond acceptors (Lipinski definition) is 6. The Morgan fingerprint density at radius 1 is 0.944 bits per heavy atom. The maximum atomic E-state index is 13.2. The lowest BCUT2D eigenvalue weighted by Crippen LogP contribution is -2.32. The van der Waals surface area contributed by atoms with Crippen LogP contribution >= 0.6 is 23.2 Å². The van der Waals surface area contributed by atoms with Gasteiger partial charge in [-0.3, -0.25) is 14.4 Å². The quantitative estimate of drug-likeness (QED) is 0.380. The van der Waals surface area contributed by atoms with E-state index in [9.17, 15) is 14.4 Å². The van der Waals surface area contributed by atoms with Crippen LogP contribution in [0.5, 0.6) is 11.5 Å². The number of rotatable bonds is 8. The van der Waals surface area contributed by atoms with Crippen molar-refractivity contribution in [3.05, 3.63) is 88.0 Å². The number of halogens is 2. The predicted molar refractivity (Wildman–Crippen MR) is 139 cm³/mol. The van der Waals surface area contributed by atoms with Gasteiger partial charge in [-0.05, 0) is 67.6 Å². The van der Waals surface area contributed by atoms with E-state index in [1.165, 1.54) is 13.2 Å². The summed E-state index contributed by atoms with van der Waals surface area (Å²) >= 11 is 12.3. The van der Waals surface area contributed by atoms with Crippen molar-refractivity contribution in [1.29, 1.82) is 0 Å². The number of carbonyl (C=O) groups excluding carboxylic acids is 3. The highest BCUT2D eigenvalue weighted by atomic mass is 35.5. The third-order valence-electron chi connectivity index (χ3n) is 5.23. The molecule has 3 aromatic carbocycles. The summed E-state index contributed by atoms with van der Waals surface area (Å²) < 4.78 is 10.7. The molecule has 0 bridgehead atoms. The molecule has 36 heavy (non-hydrogen) atoms. The summed E-state index contributed by atoms with van der Waals surface area (Å²) in [5.74, 6) is -0.794. The fourth-order valence-electron chi connectivity index (χ4n) is 3.55. The van der Waals surface area contributed by atoms with Crippen molar-refractivity contribution in [2.24, 2.45) is 0 Å². The Kier molecular flexibility index (Phi) is 7.47. The van der Waals surface area contributed by atoms with Gasteiger partial charge in [0, 0.05) is 22.0 Å². The summed E-state index contributed by atoms with van der Waals surface area (Å²) in [6.07, 6.45) is 0. The minimum atomic E-state index is -0.728. The number of amides is 3. The molecule has 0 atom stereocenters. The number of methoxy groups -OCH3 is 1. The van der Waals surface area contributed by atoms with E-state index in [1.54, 1.807) is 60.7 Å². The third kappa shape index (κ3) is 5.15. The van der Waals surface area contributed by atoms with Gasteiger partial charge in [-0.2, -0.15) is 0 Å². The first-order valence-corrected chi connectivity index (χ1v) is 11.6. The second-order valence-corrected chi connectivity index (χ2v) is 8.38. The summed E-state index contributed by atoms with van der Waals surface area (Å²) in [7, 11) is 1.41. The van der Waals surface area contributed by atoms with Gasteiger partial charge in [0.2, 0.25) is 0 Å². The van der Waals surface area contributed by atoms with E-state index in [0.717, 1.165) is 4.90 Å². The molecule has 0 radical (unpaired) electrons. The van der Waals surface area contributed by atoms with E-state index in [4.69, 9.17) is 32.7 Å². The van der Waals surface area contributed by atoms with Crippen LogP contribution in [-0.2, 0) is 9.59 Å². The van der Waals surface area contributed by atoms with E-state index < -0.39 is 11.8 Å². The van der Waals surface area contributed by atoms with Gasteiger partial charge < -0.3 is 20.1 Å². The zero-order valence-corrected chi connectivity index (χ0v) is 20.8. The minimum Gasteiger partial charge on any atom is -0.495 e. The van der Waals surface area contributed by atoms with E-state index >= 15 is 0 Å². The highest BCUT2D eigenvalue weighted by Gasteiger charge is 2.40. The van der Waals surface area contributed by atoms with Gasteiger partial charge in [-0.1, -0.05) is 29.3 Å². The van der Waals surface area contributed by atoms with Crippen molar-refractivity contribution in [3.8, 4) is 11.5 Å². The van der Waals surface area contributed by atoms with Crippen LogP contribution in [0.1, 0.15) is 17.3 Å². The molecule has 0 spiro atoms. The molecule has 1 aliphatic heterocycles. The lowest BCUT2D eigenvalue weighted by molar-refractivity contribution is -0.120. The normalized spacial score (nSPS) is 13.2. The summed E-state index contributed by atoms with van der Waals surface area (Å²) in [5, 5.41) is 5.69. The Balaban J connectivity index is 1.52. The van der Waals surface area contributed by atoms with Crippen molar-refractivity contribution in [1.82, 2.24) is 0 Å². The number of nitrogens with one attached hydrogen (secondary N) is 2. The van der Waals surface area contributed by atoms with Crippen molar-refractivity contribution >= 4 is 58.0 Å². The topological polar surface area (TPSA) is 97.0 Å². The molecule has 3 aromatic rings. The molecule has 0 saturated heterocycles. The van der Waals surface area contributed by atoms with Gasteiger partial charge in [0.1, 0.15) is 22.2 Å². The Morgan fingerprint density at radius 2 is 1.69 bits per heavy atom. The van der Waals surface area contributed by atoms with Crippen molar-refractivity contribution < 1.29 is 23.9 Å². The molecule has 0 saturated carbocycles. The highest BCUT2D eigenvalue weighted by Crippen LogP contribution is 2.37. The number of benzene rings is 3. The maximum absolute atomic E-state index is 13.2. The SMILES string of the molecule is CCOc1ccc(NC(=O)c2cccc(NC3=C(Cl)C(=O)N(c4cc(Cl)ccc4OC)C3=O)c2)cc1. The second-order valence-electron chi connectivity index (χ2n) is 7.57. The van der Waals surface area contributed by atoms with Crippen molar-refractivity contribution in [2.45, 2.75) is 6.92 Å². The molecule has 0 aliphatic carbocycles. The van der Waals surface area contributed by atoms with E-state index in [2.05, 4.69) is 10.6 Å². The van der Waals surface area contributed by atoms with Crippen LogP contribution in [0, 0.1) is 0 Å². The van der Waals surface area contributed by atoms with Gasteiger partial charge in [0.15, 0.2) is 0 Å². The molecule has 2 N–H and O–H groups in total. The van der Waals surface area contributed by atoms with Crippen LogP contribution in [0.2, 0.25) is 5.02 Å². The van der Waals surface area contributed by atoms with Crippen LogP contribution < -0.4 is 25.0 Å². The van der Waals surface area contributed by atoms with Gasteiger partial charge in [0.05, 0.1) is 19.4 Å². The first-order valence-electron chi connectivity index (χ1n) is 10.9. The zero-order chi connectivity index (χ0) is 25.8. The van der Waals surface area contributed by atoms with Crippen LogP contribution in [-0.4, -0.2) is 31.4 Å². The maximum Gasteiger partial charge on any atom is 0.283 e. The molecule has 8 nitrogen and oxygen atoms in total. The largest absolute Gasteiger partial charge is 0.495 e. The molecular formula is C26H21Cl2N3O5. The smallest absolute Gasteiger partial charge is 0.283 e. The highest BCUT2D eigenvalue weighted by molar-refractivity contribution is 6.53. The van der Waals surface area contributed by atoms with E-state index in [0.29, 0.717) is 34.3 Å². The predicted octanol–water partition coefficient (Wildman–Crippen LogP) is 5.44. The van der Waals surface area contributed by atoms with Crippen LogP contribution in [0.3, 0.4) is 0 Å². The van der Waals surface area contributed by atoms with Crippen molar-refractivity contribution in [2.75, 3.05) is 29.3 Å². The Morgan fingerprint density at radius 3 is 2.39 bits per heavy atom. The monoisotopic (exact) mass is 525 g/mol. The molecule has 0 unspecified atom stereocenters. The molecule has 1 heterocycles. The fourth-order valence-corrected chi connectivity index (χ4v) is 3.93. The van der Waals surface area contributed by atoms with Crippen LogP contribution in [0.15, 0.2) is 77.5 Å². The number of anilines is 3. The van der Waals surface area contributed by atoms with Crippen LogP contribution in [0.25, 0.3) is 0 Å². The van der Waals surface area contributed by atoms with E-state index in [1.807, 2.05) is 6.92 Å². The zero-order valence-electron chi connectivity index (χ0n) is 19.3. The molecule has 3 amide bonds. The summed E-state index contributed by atoms with van der Waals surface area (Å²) in [6.45, 7) is 2.44.